The van der Waals surface area contributed by atoms with E-state index in [0.717, 1.165) is 6.07 Å². The number of ether oxygens (including phenoxy) is 3. The maximum absolute atomic E-state index is 13.7. The lowest BCUT2D eigenvalue weighted by atomic mass is 10.2. The molecule has 134 valence electrons. The molecule has 26 heavy (non-hydrogen) atoms. The number of nitrogens with zero attached hydrogens (tertiary/aromatic N) is 2. The first-order valence-corrected chi connectivity index (χ1v) is 7.59. The van der Waals surface area contributed by atoms with E-state index < -0.39 is 11.8 Å². The highest BCUT2D eigenvalue weighted by atomic mass is 19.1. The number of methoxy groups -OCH3 is 2. The van der Waals surface area contributed by atoms with Gasteiger partial charge in [-0.1, -0.05) is 17.3 Å². The molecule has 3 rings (SSSR count). The van der Waals surface area contributed by atoms with Gasteiger partial charge in [0.15, 0.2) is 18.2 Å². The van der Waals surface area contributed by atoms with Crippen molar-refractivity contribution in [3.8, 4) is 22.9 Å². The van der Waals surface area contributed by atoms with Crippen LogP contribution in [-0.2, 0) is 11.3 Å². The second-order valence-corrected chi connectivity index (χ2v) is 5.14. The summed E-state index contributed by atoms with van der Waals surface area (Å²) < 4.78 is 33.8. The largest absolute Gasteiger partial charge is 0.496 e. The average molecular weight is 358 g/mol. The molecule has 2 aromatic carbocycles. The van der Waals surface area contributed by atoms with Gasteiger partial charge in [0.1, 0.15) is 5.75 Å². The van der Waals surface area contributed by atoms with Crippen LogP contribution in [-0.4, -0.2) is 30.3 Å². The molecule has 3 aromatic rings. The number of halogens is 1. The Kier molecular flexibility index (Phi) is 5.12. The monoisotopic (exact) mass is 358 g/mol. The summed E-state index contributed by atoms with van der Waals surface area (Å²) in [5.74, 6) is -0.329. The van der Waals surface area contributed by atoms with Crippen LogP contribution in [0, 0.1) is 5.82 Å². The molecular formula is C18H15FN2O5. The third-order valence-corrected chi connectivity index (χ3v) is 3.53. The van der Waals surface area contributed by atoms with Gasteiger partial charge in [-0.25, -0.2) is 9.18 Å². The smallest absolute Gasteiger partial charge is 0.338 e. The highest BCUT2D eigenvalue weighted by Gasteiger charge is 2.16. The molecule has 0 amide bonds. The molecular weight excluding hydrogens is 343 g/mol. The van der Waals surface area contributed by atoms with Gasteiger partial charge >= 0.3 is 5.97 Å². The van der Waals surface area contributed by atoms with Gasteiger partial charge in [0.2, 0.25) is 5.82 Å². The molecule has 0 saturated heterocycles. The molecule has 0 bridgehead atoms. The van der Waals surface area contributed by atoms with Crippen LogP contribution in [0.1, 0.15) is 16.2 Å². The number of hydrogen-bond acceptors (Lipinski definition) is 7. The Morgan fingerprint density at radius 1 is 1.12 bits per heavy atom. The molecule has 0 unspecified atom stereocenters. The predicted octanol–water partition coefficient (Wildman–Crippen LogP) is 3.25. The van der Waals surface area contributed by atoms with E-state index in [1.807, 2.05) is 12.1 Å². The second-order valence-electron chi connectivity index (χ2n) is 5.14. The van der Waals surface area contributed by atoms with Crippen LogP contribution in [0.3, 0.4) is 0 Å². The Labute approximate surface area is 148 Å². The summed E-state index contributed by atoms with van der Waals surface area (Å²) >= 11 is 0. The molecule has 7 nitrogen and oxygen atoms in total. The van der Waals surface area contributed by atoms with Crippen molar-refractivity contribution in [1.82, 2.24) is 10.1 Å². The summed E-state index contributed by atoms with van der Waals surface area (Å²) in [5, 5.41) is 3.85. The average Bonchev–Trinajstić information content (AvgIpc) is 3.14. The van der Waals surface area contributed by atoms with Crippen LogP contribution < -0.4 is 9.47 Å². The zero-order chi connectivity index (χ0) is 18.5. The van der Waals surface area contributed by atoms with E-state index in [0.29, 0.717) is 17.1 Å². The normalized spacial score (nSPS) is 10.4. The summed E-state index contributed by atoms with van der Waals surface area (Å²) in [4.78, 5) is 16.2. The van der Waals surface area contributed by atoms with Gasteiger partial charge in [0.25, 0.3) is 5.89 Å². The fraction of sp³-hybridized carbons (Fsp3) is 0.167. The van der Waals surface area contributed by atoms with E-state index >= 15 is 0 Å². The number of carbonyl (C=O) groups excluding carboxylic acids is 1. The molecule has 8 heteroatoms. The number of esters is 1. The Bertz CT molecular complexity index is 925. The number of para-hydroxylation sites is 1. The second kappa shape index (κ2) is 7.64. The van der Waals surface area contributed by atoms with Crippen molar-refractivity contribution in [3.63, 3.8) is 0 Å². The van der Waals surface area contributed by atoms with Crippen LogP contribution in [0.4, 0.5) is 4.39 Å². The number of benzene rings is 2. The molecule has 0 aliphatic heterocycles. The van der Waals surface area contributed by atoms with E-state index in [1.165, 1.54) is 26.4 Å². The fourth-order valence-electron chi connectivity index (χ4n) is 2.26. The van der Waals surface area contributed by atoms with E-state index in [4.69, 9.17) is 18.7 Å². The van der Waals surface area contributed by atoms with Crippen molar-refractivity contribution < 1.29 is 27.9 Å². The van der Waals surface area contributed by atoms with Crippen molar-refractivity contribution in [2.45, 2.75) is 6.61 Å². The highest BCUT2D eigenvalue weighted by molar-refractivity contribution is 5.89. The molecule has 0 spiro atoms. The van der Waals surface area contributed by atoms with Crippen LogP contribution in [0.2, 0.25) is 0 Å². The summed E-state index contributed by atoms with van der Waals surface area (Å²) in [6, 6.07) is 11.0. The minimum absolute atomic E-state index is 0.0416. The molecule has 0 N–H and O–H groups in total. The zero-order valence-electron chi connectivity index (χ0n) is 14.1. The molecule has 1 aromatic heterocycles. The Morgan fingerprint density at radius 2 is 1.88 bits per heavy atom. The summed E-state index contributed by atoms with van der Waals surface area (Å²) in [7, 11) is 2.88. The summed E-state index contributed by atoms with van der Waals surface area (Å²) in [6.07, 6.45) is 0. The molecule has 0 aliphatic carbocycles. The summed E-state index contributed by atoms with van der Waals surface area (Å²) in [6.45, 7) is -0.241. The topological polar surface area (TPSA) is 83.7 Å². The van der Waals surface area contributed by atoms with Gasteiger partial charge in [-0.05, 0) is 30.3 Å². The Hall–Kier alpha value is -3.42. The fourth-order valence-corrected chi connectivity index (χ4v) is 2.26. The third-order valence-electron chi connectivity index (χ3n) is 3.53. The molecule has 0 fully saturated rings. The van der Waals surface area contributed by atoms with Crippen molar-refractivity contribution in [1.29, 1.82) is 0 Å². The lowest BCUT2D eigenvalue weighted by Gasteiger charge is -2.05. The van der Waals surface area contributed by atoms with Gasteiger partial charge in [0.05, 0.1) is 25.3 Å². The Balaban J connectivity index is 1.68. The van der Waals surface area contributed by atoms with Gasteiger partial charge in [-0.2, -0.15) is 4.98 Å². The van der Waals surface area contributed by atoms with Gasteiger partial charge in [-0.15, -0.1) is 0 Å². The molecule has 0 radical (unpaired) electrons. The van der Waals surface area contributed by atoms with Crippen LogP contribution in [0.15, 0.2) is 47.0 Å². The first kappa shape index (κ1) is 17.4. The number of aromatic nitrogens is 2. The van der Waals surface area contributed by atoms with Crippen molar-refractivity contribution in [2.24, 2.45) is 0 Å². The number of rotatable bonds is 6. The van der Waals surface area contributed by atoms with Crippen molar-refractivity contribution in [3.05, 3.63) is 59.7 Å². The quantitative estimate of drug-likeness (QED) is 0.625. The minimum Gasteiger partial charge on any atom is -0.496 e. The maximum atomic E-state index is 13.7. The zero-order valence-corrected chi connectivity index (χ0v) is 14.1. The standard InChI is InChI=1S/C18H15FN2O5/c1-23-14-6-4-3-5-12(14)17-20-16(26-21-17)10-25-18(22)11-7-8-15(24-2)13(19)9-11/h3-9H,10H2,1-2H3. The van der Waals surface area contributed by atoms with Gasteiger partial charge in [-0.3, -0.25) is 0 Å². The number of carbonyl (C=O) groups is 1. The van der Waals surface area contributed by atoms with Gasteiger partial charge < -0.3 is 18.7 Å². The van der Waals surface area contributed by atoms with E-state index in [1.54, 1.807) is 12.1 Å². The van der Waals surface area contributed by atoms with Gasteiger partial charge in [0, 0.05) is 0 Å². The maximum Gasteiger partial charge on any atom is 0.338 e. The van der Waals surface area contributed by atoms with Crippen LogP contribution in [0.25, 0.3) is 11.4 Å². The lowest BCUT2D eigenvalue weighted by molar-refractivity contribution is 0.0429. The van der Waals surface area contributed by atoms with E-state index in [9.17, 15) is 9.18 Å². The molecule has 0 aliphatic rings. The predicted molar refractivity (Wildman–Crippen MR) is 88.4 cm³/mol. The van der Waals surface area contributed by atoms with Crippen LogP contribution >= 0.6 is 0 Å². The van der Waals surface area contributed by atoms with E-state index in [2.05, 4.69) is 10.1 Å². The summed E-state index contributed by atoms with van der Waals surface area (Å²) in [5.41, 5.74) is 0.696. The first-order chi connectivity index (χ1) is 12.6. The van der Waals surface area contributed by atoms with Crippen LogP contribution in [0.5, 0.6) is 11.5 Å². The highest BCUT2D eigenvalue weighted by Crippen LogP contribution is 2.27. The molecule has 0 saturated carbocycles. The minimum atomic E-state index is -0.719. The first-order valence-electron chi connectivity index (χ1n) is 7.59. The Morgan fingerprint density at radius 3 is 2.62 bits per heavy atom. The van der Waals surface area contributed by atoms with Crippen molar-refractivity contribution >= 4 is 5.97 Å². The molecule has 0 atom stereocenters. The van der Waals surface area contributed by atoms with E-state index in [-0.39, 0.29) is 23.8 Å². The SMILES string of the molecule is COc1ccc(C(=O)OCc2nc(-c3ccccc3OC)no2)cc1F. The third kappa shape index (κ3) is 3.64. The van der Waals surface area contributed by atoms with Crippen molar-refractivity contribution in [2.75, 3.05) is 14.2 Å². The number of hydrogen-bond donors (Lipinski definition) is 0. The molecule has 1 heterocycles. The lowest BCUT2D eigenvalue weighted by Crippen LogP contribution is -2.06.